The van der Waals surface area contributed by atoms with Gasteiger partial charge in [-0.25, -0.2) is 4.79 Å². The fourth-order valence-corrected chi connectivity index (χ4v) is 2.45. The Morgan fingerprint density at radius 1 is 1.08 bits per heavy atom. The third-order valence-corrected chi connectivity index (χ3v) is 3.79. The summed E-state index contributed by atoms with van der Waals surface area (Å²) < 4.78 is 5.44. The summed E-state index contributed by atoms with van der Waals surface area (Å²) in [5.74, 6) is -0.431. The molecule has 0 aliphatic carbocycles. The summed E-state index contributed by atoms with van der Waals surface area (Å²) in [4.78, 5) is 23.4. The van der Waals surface area contributed by atoms with Crippen LogP contribution in [0.15, 0.2) is 54.6 Å². The molecule has 0 saturated carbocycles. The Bertz CT molecular complexity index is 689. The first kappa shape index (κ1) is 17.8. The summed E-state index contributed by atoms with van der Waals surface area (Å²) in [6.45, 7) is 1.80. The van der Waals surface area contributed by atoms with Gasteiger partial charge in [0, 0.05) is 5.02 Å². The highest BCUT2D eigenvalue weighted by Crippen LogP contribution is 2.22. The molecule has 0 heterocycles. The molecule has 2 aromatic carbocycles. The largest absolute Gasteiger partial charge is 0.458 e. The van der Waals surface area contributed by atoms with Crippen LogP contribution in [0.3, 0.4) is 0 Å². The zero-order valence-electron chi connectivity index (χ0n) is 13.2. The molecule has 0 fully saturated rings. The van der Waals surface area contributed by atoms with Crippen LogP contribution in [0.25, 0.3) is 0 Å². The number of amides is 2. The van der Waals surface area contributed by atoms with E-state index in [-0.39, 0.29) is 12.5 Å². The first-order valence-corrected chi connectivity index (χ1v) is 7.89. The van der Waals surface area contributed by atoms with Gasteiger partial charge in [-0.15, -0.1) is 0 Å². The van der Waals surface area contributed by atoms with Gasteiger partial charge in [0.2, 0.25) is 0 Å². The Balaban J connectivity index is 2.04. The molecular weight excluding hydrogens is 328 g/mol. The van der Waals surface area contributed by atoms with Crippen LogP contribution < -0.4 is 11.1 Å². The molecule has 6 heteroatoms. The molecule has 0 saturated heterocycles. The molecular formula is C18H19ClN2O3. The lowest BCUT2D eigenvalue weighted by atomic mass is 10.0. The second kappa shape index (κ2) is 8.36. The molecule has 0 spiro atoms. The summed E-state index contributed by atoms with van der Waals surface area (Å²) in [7, 11) is 0. The van der Waals surface area contributed by atoms with Gasteiger partial charge in [0.25, 0.3) is 0 Å². The number of primary amides is 1. The van der Waals surface area contributed by atoms with Gasteiger partial charge in [-0.3, -0.25) is 4.79 Å². The van der Waals surface area contributed by atoms with Gasteiger partial charge in [-0.05, 0) is 30.2 Å². The molecule has 0 aromatic heterocycles. The normalized spacial score (nSPS) is 12.9. The van der Waals surface area contributed by atoms with Crippen LogP contribution in [0.4, 0.5) is 4.79 Å². The van der Waals surface area contributed by atoms with Crippen LogP contribution in [0, 0.1) is 0 Å². The van der Waals surface area contributed by atoms with Crippen molar-refractivity contribution in [3.05, 3.63) is 70.7 Å². The van der Waals surface area contributed by atoms with Crippen molar-refractivity contribution in [1.29, 1.82) is 0 Å². The van der Waals surface area contributed by atoms with E-state index < -0.39 is 18.0 Å². The average molecular weight is 347 g/mol. The Kier molecular flexibility index (Phi) is 6.21. The van der Waals surface area contributed by atoms with Crippen LogP contribution in [0.1, 0.15) is 36.6 Å². The first-order chi connectivity index (χ1) is 11.5. The Labute approximate surface area is 145 Å². The second-order valence-electron chi connectivity index (χ2n) is 5.36. The topological polar surface area (TPSA) is 81.4 Å². The third kappa shape index (κ3) is 5.28. The minimum absolute atomic E-state index is 0.0260. The van der Waals surface area contributed by atoms with Crippen molar-refractivity contribution in [3.8, 4) is 0 Å². The van der Waals surface area contributed by atoms with E-state index in [9.17, 15) is 9.59 Å². The number of hydrogen-bond acceptors (Lipinski definition) is 3. The molecule has 24 heavy (non-hydrogen) atoms. The fourth-order valence-electron chi connectivity index (χ4n) is 2.32. The maximum absolute atomic E-state index is 12.2. The van der Waals surface area contributed by atoms with Crippen molar-refractivity contribution in [2.45, 2.75) is 25.5 Å². The van der Waals surface area contributed by atoms with Crippen LogP contribution in [-0.4, -0.2) is 12.0 Å². The van der Waals surface area contributed by atoms with Gasteiger partial charge in [-0.2, -0.15) is 0 Å². The monoisotopic (exact) mass is 346 g/mol. The van der Waals surface area contributed by atoms with E-state index in [1.165, 1.54) is 0 Å². The van der Waals surface area contributed by atoms with E-state index >= 15 is 0 Å². The molecule has 0 bridgehead atoms. The molecule has 0 aliphatic rings. The molecule has 3 N–H and O–H groups in total. The third-order valence-electron chi connectivity index (χ3n) is 3.54. The standard InChI is InChI=1S/C18H19ClN2O3/c1-12(13-5-3-2-4-6-13)24-17(22)11-16(21-18(20)23)14-7-9-15(19)10-8-14/h2-10,12,16H,11H2,1H3,(H3,20,21,23)/t12-,16+/m0/s1. The van der Waals surface area contributed by atoms with Crippen molar-refractivity contribution >= 4 is 23.6 Å². The van der Waals surface area contributed by atoms with E-state index in [0.717, 1.165) is 11.1 Å². The van der Waals surface area contributed by atoms with Gasteiger partial charge >= 0.3 is 12.0 Å². The molecule has 2 amide bonds. The number of benzene rings is 2. The van der Waals surface area contributed by atoms with Crippen molar-refractivity contribution in [2.24, 2.45) is 5.73 Å². The summed E-state index contributed by atoms with van der Waals surface area (Å²) in [5, 5.41) is 3.12. The number of carbonyl (C=O) groups is 2. The van der Waals surface area contributed by atoms with Crippen LogP contribution >= 0.6 is 11.6 Å². The molecule has 126 valence electrons. The highest BCUT2D eigenvalue weighted by Gasteiger charge is 2.20. The van der Waals surface area contributed by atoms with Crippen LogP contribution in [0.2, 0.25) is 5.02 Å². The van der Waals surface area contributed by atoms with Crippen LogP contribution in [0.5, 0.6) is 0 Å². The highest BCUT2D eigenvalue weighted by atomic mass is 35.5. The minimum Gasteiger partial charge on any atom is -0.458 e. The Morgan fingerprint density at radius 2 is 1.71 bits per heavy atom. The highest BCUT2D eigenvalue weighted by molar-refractivity contribution is 6.30. The predicted molar refractivity (Wildman–Crippen MR) is 92.5 cm³/mol. The van der Waals surface area contributed by atoms with Crippen molar-refractivity contribution < 1.29 is 14.3 Å². The average Bonchev–Trinajstić information content (AvgIpc) is 2.55. The summed E-state index contributed by atoms with van der Waals surface area (Å²) in [5.41, 5.74) is 6.82. The number of nitrogens with one attached hydrogen (secondary N) is 1. The number of halogens is 1. The Morgan fingerprint density at radius 3 is 2.29 bits per heavy atom. The van der Waals surface area contributed by atoms with Crippen molar-refractivity contribution in [2.75, 3.05) is 0 Å². The van der Waals surface area contributed by atoms with Gasteiger partial charge in [0.15, 0.2) is 0 Å². The van der Waals surface area contributed by atoms with E-state index in [1.54, 1.807) is 31.2 Å². The van der Waals surface area contributed by atoms with E-state index in [1.807, 2.05) is 30.3 Å². The Hall–Kier alpha value is -2.53. The number of urea groups is 1. The van der Waals surface area contributed by atoms with Crippen molar-refractivity contribution in [3.63, 3.8) is 0 Å². The summed E-state index contributed by atoms with van der Waals surface area (Å²) in [6, 6.07) is 15.0. The number of hydrogen-bond donors (Lipinski definition) is 2. The molecule has 2 atom stereocenters. The number of nitrogens with two attached hydrogens (primary N) is 1. The predicted octanol–water partition coefficient (Wildman–Crippen LogP) is 3.74. The van der Waals surface area contributed by atoms with E-state index in [4.69, 9.17) is 22.1 Å². The van der Waals surface area contributed by atoms with Gasteiger partial charge in [0.05, 0.1) is 12.5 Å². The number of ether oxygens (including phenoxy) is 1. The lowest BCUT2D eigenvalue weighted by Gasteiger charge is -2.19. The molecule has 0 unspecified atom stereocenters. The van der Waals surface area contributed by atoms with Crippen molar-refractivity contribution in [1.82, 2.24) is 5.32 Å². The molecule has 5 nitrogen and oxygen atoms in total. The lowest BCUT2D eigenvalue weighted by molar-refractivity contribution is -0.149. The zero-order chi connectivity index (χ0) is 17.5. The maximum atomic E-state index is 12.2. The quantitative estimate of drug-likeness (QED) is 0.781. The molecule has 0 aliphatic heterocycles. The molecule has 2 aromatic rings. The maximum Gasteiger partial charge on any atom is 0.312 e. The van der Waals surface area contributed by atoms with E-state index in [0.29, 0.717) is 5.02 Å². The smallest absolute Gasteiger partial charge is 0.312 e. The SMILES string of the molecule is C[C@H](OC(=O)C[C@@H](NC(N)=O)c1ccc(Cl)cc1)c1ccccc1. The first-order valence-electron chi connectivity index (χ1n) is 7.51. The molecule has 2 rings (SSSR count). The summed E-state index contributed by atoms with van der Waals surface area (Å²) >= 11 is 5.86. The number of carbonyl (C=O) groups excluding carboxylic acids is 2. The fraction of sp³-hybridized carbons (Fsp3) is 0.222. The summed E-state index contributed by atoms with van der Waals surface area (Å²) in [6.07, 6.45) is -0.403. The number of rotatable bonds is 6. The number of esters is 1. The minimum atomic E-state index is -0.709. The van der Waals surface area contributed by atoms with E-state index in [2.05, 4.69) is 5.32 Å². The second-order valence-corrected chi connectivity index (χ2v) is 5.80. The van der Waals surface area contributed by atoms with Gasteiger partial charge in [0.1, 0.15) is 6.10 Å². The zero-order valence-corrected chi connectivity index (χ0v) is 14.0. The van der Waals surface area contributed by atoms with Crippen LogP contribution in [-0.2, 0) is 9.53 Å². The molecule has 0 radical (unpaired) electrons. The van der Waals surface area contributed by atoms with Gasteiger partial charge < -0.3 is 15.8 Å². The lowest BCUT2D eigenvalue weighted by Crippen LogP contribution is -2.34. The van der Waals surface area contributed by atoms with Gasteiger partial charge in [-0.1, -0.05) is 54.1 Å².